The van der Waals surface area contributed by atoms with Crippen LogP contribution in [0.1, 0.15) is 42.4 Å². The first kappa shape index (κ1) is 14.8. The van der Waals surface area contributed by atoms with Crippen molar-refractivity contribution in [2.24, 2.45) is 5.92 Å². The molecule has 1 unspecified atom stereocenters. The molecule has 0 saturated heterocycles. The van der Waals surface area contributed by atoms with Crippen molar-refractivity contribution in [1.82, 2.24) is 10.3 Å². The van der Waals surface area contributed by atoms with Crippen molar-refractivity contribution in [2.45, 2.75) is 40.2 Å². The number of rotatable bonds is 4. The summed E-state index contributed by atoms with van der Waals surface area (Å²) in [4.78, 5) is 18.1. The Labute approximate surface area is 123 Å². The number of amides is 1. The van der Waals surface area contributed by atoms with E-state index in [1.807, 2.05) is 13.0 Å². The standard InChI is InChI=1S/C15H21N3OS/c1-5-10(8(2)3)18-14(19)13-12(16)11-9(4)6-7-17-15(11)20-13/h6-8,10H,5,16H2,1-4H3,(H,18,19). The van der Waals surface area contributed by atoms with Gasteiger partial charge in [0.05, 0.1) is 5.69 Å². The van der Waals surface area contributed by atoms with Gasteiger partial charge in [0, 0.05) is 17.6 Å². The van der Waals surface area contributed by atoms with E-state index >= 15 is 0 Å². The highest BCUT2D eigenvalue weighted by atomic mass is 32.1. The van der Waals surface area contributed by atoms with E-state index in [1.54, 1.807) is 6.20 Å². The fraction of sp³-hybridized carbons (Fsp3) is 0.467. The van der Waals surface area contributed by atoms with Gasteiger partial charge in [-0.3, -0.25) is 4.79 Å². The smallest absolute Gasteiger partial charge is 0.263 e. The third-order valence-corrected chi connectivity index (χ3v) is 4.72. The van der Waals surface area contributed by atoms with Gasteiger partial charge in [0.15, 0.2) is 0 Å². The summed E-state index contributed by atoms with van der Waals surface area (Å²) in [7, 11) is 0. The number of fused-ring (bicyclic) bond motifs is 1. The molecule has 1 atom stereocenters. The molecule has 3 N–H and O–H groups in total. The first-order valence-electron chi connectivity index (χ1n) is 6.90. The molecule has 108 valence electrons. The Balaban J connectivity index is 2.36. The lowest BCUT2D eigenvalue weighted by atomic mass is 10.0. The lowest BCUT2D eigenvalue weighted by Gasteiger charge is -2.20. The Bertz CT molecular complexity index is 633. The van der Waals surface area contributed by atoms with E-state index in [1.165, 1.54) is 11.3 Å². The molecule has 0 saturated carbocycles. The largest absolute Gasteiger partial charge is 0.397 e. The molecule has 0 aliphatic carbocycles. The van der Waals surface area contributed by atoms with Crippen molar-refractivity contribution in [3.8, 4) is 0 Å². The quantitative estimate of drug-likeness (QED) is 0.907. The Morgan fingerprint density at radius 1 is 1.50 bits per heavy atom. The number of pyridine rings is 1. The van der Waals surface area contributed by atoms with Crippen LogP contribution in [0.5, 0.6) is 0 Å². The summed E-state index contributed by atoms with van der Waals surface area (Å²) in [5.74, 6) is 0.310. The Morgan fingerprint density at radius 3 is 2.75 bits per heavy atom. The van der Waals surface area contributed by atoms with Crippen molar-refractivity contribution in [2.75, 3.05) is 5.73 Å². The number of hydrogen-bond donors (Lipinski definition) is 2. The van der Waals surface area contributed by atoms with Crippen LogP contribution in [0.25, 0.3) is 10.2 Å². The Morgan fingerprint density at radius 2 is 2.20 bits per heavy atom. The highest BCUT2D eigenvalue weighted by Gasteiger charge is 2.21. The minimum Gasteiger partial charge on any atom is -0.397 e. The molecule has 2 heterocycles. The second-order valence-corrected chi connectivity index (χ2v) is 6.38. The Hall–Kier alpha value is -1.62. The van der Waals surface area contributed by atoms with E-state index in [0.717, 1.165) is 22.2 Å². The van der Waals surface area contributed by atoms with Gasteiger partial charge in [-0.05, 0) is 30.9 Å². The molecule has 2 rings (SSSR count). The van der Waals surface area contributed by atoms with Gasteiger partial charge in [-0.25, -0.2) is 4.98 Å². The van der Waals surface area contributed by atoms with Crippen LogP contribution in [0.3, 0.4) is 0 Å². The third kappa shape index (κ3) is 2.63. The molecule has 0 spiro atoms. The molecule has 1 amide bonds. The van der Waals surface area contributed by atoms with Crippen LogP contribution in [-0.4, -0.2) is 16.9 Å². The van der Waals surface area contributed by atoms with Gasteiger partial charge >= 0.3 is 0 Å². The van der Waals surface area contributed by atoms with Crippen LogP contribution >= 0.6 is 11.3 Å². The number of carbonyl (C=O) groups excluding carboxylic acids is 1. The highest BCUT2D eigenvalue weighted by molar-refractivity contribution is 7.21. The third-order valence-electron chi connectivity index (χ3n) is 3.60. The summed E-state index contributed by atoms with van der Waals surface area (Å²) in [6, 6.07) is 2.08. The maximum Gasteiger partial charge on any atom is 0.263 e. The summed E-state index contributed by atoms with van der Waals surface area (Å²) in [6.45, 7) is 8.27. The molecule has 0 bridgehead atoms. The van der Waals surface area contributed by atoms with Crippen molar-refractivity contribution in [1.29, 1.82) is 0 Å². The number of aryl methyl sites for hydroxylation is 1. The second-order valence-electron chi connectivity index (χ2n) is 5.39. The van der Waals surface area contributed by atoms with Crippen LogP contribution in [-0.2, 0) is 0 Å². The second kappa shape index (κ2) is 5.79. The summed E-state index contributed by atoms with van der Waals surface area (Å²) in [6.07, 6.45) is 2.66. The molecule has 0 aliphatic rings. The minimum atomic E-state index is -0.0922. The number of carbonyl (C=O) groups is 1. The van der Waals surface area contributed by atoms with Crippen molar-refractivity contribution < 1.29 is 4.79 Å². The number of aromatic nitrogens is 1. The van der Waals surface area contributed by atoms with Crippen LogP contribution in [0.2, 0.25) is 0 Å². The molecule has 0 aromatic carbocycles. The Kier molecular flexibility index (Phi) is 4.28. The fourth-order valence-corrected chi connectivity index (χ4v) is 3.39. The molecule has 2 aromatic heterocycles. The van der Waals surface area contributed by atoms with Crippen LogP contribution in [0, 0.1) is 12.8 Å². The average molecular weight is 291 g/mol. The van der Waals surface area contributed by atoms with E-state index in [-0.39, 0.29) is 11.9 Å². The number of nitrogens with two attached hydrogens (primary N) is 1. The zero-order chi connectivity index (χ0) is 14.9. The van der Waals surface area contributed by atoms with Gasteiger partial charge in [0.2, 0.25) is 0 Å². The zero-order valence-electron chi connectivity index (χ0n) is 12.4. The predicted molar refractivity (Wildman–Crippen MR) is 85.2 cm³/mol. The number of nitrogens with zero attached hydrogens (tertiary/aromatic N) is 1. The van der Waals surface area contributed by atoms with Crippen molar-refractivity contribution in [3.63, 3.8) is 0 Å². The van der Waals surface area contributed by atoms with Crippen LogP contribution < -0.4 is 11.1 Å². The number of nitrogen functional groups attached to an aromatic ring is 1. The summed E-state index contributed by atoms with van der Waals surface area (Å²) < 4.78 is 0. The molecule has 0 aliphatic heterocycles. The molecular formula is C15H21N3OS. The molecule has 0 fully saturated rings. The zero-order valence-corrected chi connectivity index (χ0v) is 13.2. The average Bonchev–Trinajstić information content (AvgIpc) is 2.74. The van der Waals surface area contributed by atoms with Gasteiger partial charge in [0.1, 0.15) is 9.71 Å². The number of anilines is 1. The predicted octanol–water partition coefficient (Wildman–Crippen LogP) is 3.35. The van der Waals surface area contributed by atoms with Gasteiger partial charge in [-0.15, -0.1) is 11.3 Å². The molecule has 4 nitrogen and oxygen atoms in total. The van der Waals surface area contributed by atoms with E-state index in [9.17, 15) is 4.79 Å². The molecular weight excluding hydrogens is 270 g/mol. The highest BCUT2D eigenvalue weighted by Crippen LogP contribution is 2.34. The molecule has 5 heteroatoms. The number of nitrogens with one attached hydrogen (secondary N) is 1. The normalized spacial score (nSPS) is 12.8. The van der Waals surface area contributed by atoms with Gasteiger partial charge in [-0.1, -0.05) is 20.8 Å². The number of thiophene rings is 1. The topological polar surface area (TPSA) is 68.0 Å². The van der Waals surface area contributed by atoms with Crippen molar-refractivity contribution in [3.05, 3.63) is 22.7 Å². The minimum absolute atomic E-state index is 0.0922. The lowest BCUT2D eigenvalue weighted by Crippen LogP contribution is -2.37. The number of hydrogen-bond acceptors (Lipinski definition) is 4. The summed E-state index contributed by atoms with van der Waals surface area (Å²) in [5, 5.41) is 3.97. The van der Waals surface area contributed by atoms with E-state index in [2.05, 4.69) is 31.1 Å². The SMILES string of the molecule is CCC(NC(=O)c1sc2nccc(C)c2c1N)C(C)C. The monoisotopic (exact) mass is 291 g/mol. The van der Waals surface area contributed by atoms with Gasteiger partial charge in [0.25, 0.3) is 5.91 Å². The van der Waals surface area contributed by atoms with Crippen LogP contribution in [0.15, 0.2) is 12.3 Å². The first-order valence-corrected chi connectivity index (χ1v) is 7.71. The van der Waals surface area contributed by atoms with E-state index < -0.39 is 0 Å². The maximum atomic E-state index is 12.4. The molecule has 20 heavy (non-hydrogen) atoms. The van der Waals surface area contributed by atoms with Crippen molar-refractivity contribution >= 4 is 33.1 Å². The van der Waals surface area contributed by atoms with Gasteiger partial charge in [-0.2, -0.15) is 0 Å². The van der Waals surface area contributed by atoms with E-state index in [4.69, 9.17) is 5.73 Å². The summed E-state index contributed by atoms with van der Waals surface area (Å²) >= 11 is 1.36. The van der Waals surface area contributed by atoms with Crippen LogP contribution in [0.4, 0.5) is 5.69 Å². The lowest BCUT2D eigenvalue weighted by molar-refractivity contribution is 0.0929. The summed E-state index contributed by atoms with van der Waals surface area (Å²) in [5.41, 5.74) is 7.75. The molecule has 0 radical (unpaired) electrons. The van der Waals surface area contributed by atoms with E-state index in [0.29, 0.717) is 16.5 Å². The maximum absolute atomic E-state index is 12.4. The van der Waals surface area contributed by atoms with Gasteiger partial charge < -0.3 is 11.1 Å². The fourth-order valence-electron chi connectivity index (χ4n) is 2.35. The molecule has 2 aromatic rings. The first-order chi connectivity index (χ1) is 9.45.